The molecule has 0 aromatic carbocycles. The number of hydrogen-bond donors (Lipinski definition) is 0. The fourth-order valence-electron chi connectivity index (χ4n) is 3.43. The first kappa shape index (κ1) is 11.9. The van der Waals surface area contributed by atoms with Crippen LogP contribution in [0.4, 0.5) is 0 Å². The van der Waals surface area contributed by atoms with Crippen molar-refractivity contribution in [2.24, 2.45) is 16.7 Å². The third kappa shape index (κ3) is 1.65. The Balaban J connectivity index is 2.32. The number of carbonyl (C=O) groups excluding carboxylic acids is 1. The summed E-state index contributed by atoms with van der Waals surface area (Å²) < 4.78 is 0. The quantitative estimate of drug-likeness (QED) is 0.649. The molecule has 0 spiro atoms. The van der Waals surface area contributed by atoms with E-state index < -0.39 is 0 Å². The lowest BCUT2D eigenvalue weighted by molar-refractivity contribution is -0.118. The average Bonchev–Trinajstić information content (AvgIpc) is 2.47. The van der Waals surface area contributed by atoms with Crippen LogP contribution < -0.4 is 0 Å². The second-order valence-corrected chi connectivity index (χ2v) is 6.58. The molecule has 2 aliphatic carbocycles. The Morgan fingerprint density at radius 2 is 1.94 bits per heavy atom. The Kier molecular flexibility index (Phi) is 2.76. The summed E-state index contributed by atoms with van der Waals surface area (Å²) in [7, 11) is 0. The smallest absolute Gasteiger partial charge is 0.158 e. The maximum absolute atomic E-state index is 11.8. The molecule has 0 radical (unpaired) electrons. The maximum Gasteiger partial charge on any atom is 0.158 e. The van der Waals surface area contributed by atoms with E-state index in [9.17, 15) is 4.79 Å². The van der Waals surface area contributed by atoms with E-state index in [0.29, 0.717) is 11.2 Å². The summed E-state index contributed by atoms with van der Waals surface area (Å²) in [6, 6.07) is 0. The molecule has 0 unspecified atom stereocenters. The van der Waals surface area contributed by atoms with E-state index in [-0.39, 0.29) is 11.3 Å². The van der Waals surface area contributed by atoms with Crippen LogP contribution in [0.25, 0.3) is 0 Å². The van der Waals surface area contributed by atoms with Crippen molar-refractivity contribution < 1.29 is 4.79 Å². The van der Waals surface area contributed by atoms with Gasteiger partial charge in [0.1, 0.15) is 0 Å². The summed E-state index contributed by atoms with van der Waals surface area (Å²) in [6.45, 7) is 9.15. The topological polar surface area (TPSA) is 17.1 Å². The number of ketones is 1. The minimum atomic E-state index is 0.247. The van der Waals surface area contributed by atoms with Crippen LogP contribution in [0.1, 0.15) is 59.8 Å². The molecule has 1 saturated carbocycles. The summed E-state index contributed by atoms with van der Waals surface area (Å²) in [5, 5.41) is 0. The Labute approximate surface area is 99.3 Å². The first-order valence-corrected chi connectivity index (χ1v) is 6.62. The normalized spacial score (nSPS) is 38.6. The lowest BCUT2D eigenvalue weighted by Crippen LogP contribution is -2.34. The molecule has 0 heterocycles. The Morgan fingerprint density at radius 3 is 2.44 bits per heavy atom. The highest BCUT2D eigenvalue weighted by atomic mass is 16.1. The predicted octanol–water partition coefficient (Wildman–Crippen LogP) is 4.13. The first-order chi connectivity index (χ1) is 7.37. The van der Waals surface area contributed by atoms with Crippen LogP contribution in [-0.4, -0.2) is 5.78 Å². The second-order valence-electron chi connectivity index (χ2n) is 6.58. The highest BCUT2D eigenvalue weighted by Crippen LogP contribution is 2.58. The number of hydrogen-bond acceptors (Lipinski definition) is 1. The lowest BCUT2D eigenvalue weighted by atomic mass is 9.62. The van der Waals surface area contributed by atoms with Crippen molar-refractivity contribution in [3.63, 3.8) is 0 Å². The minimum absolute atomic E-state index is 0.247. The highest BCUT2D eigenvalue weighted by Gasteiger charge is 2.47. The molecule has 2 rings (SSSR count). The van der Waals surface area contributed by atoms with Gasteiger partial charge in [0.05, 0.1) is 0 Å². The third-order valence-electron chi connectivity index (χ3n) is 5.33. The molecule has 0 aliphatic heterocycles. The van der Waals surface area contributed by atoms with E-state index in [4.69, 9.17) is 0 Å². The Morgan fingerprint density at radius 1 is 1.25 bits per heavy atom. The van der Waals surface area contributed by atoms with Crippen molar-refractivity contribution in [3.8, 4) is 0 Å². The van der Waals surface area contributed by atoms with E-state index in [1.54, 1.807) is 0 Å². The van der Waals surface area contributed by atoms with Crippen molar-refractivity contribution in [3.05, 3.63) is 11.6 Å². The second kappa shape index (κ2) is 3.72. The van der Waals surface area contributed by atoms with Crippen molar-refractivity contribution in [1.29, 1.82) is 0 Å². The molecule has 0 bridgehead atoms. The van der Waals surface area contributed by atoms with Crippen molar-refractivity contribution in [2.45, 2.75) is 59.8 Å². The SMILES string of the molecule is C[C@H]1CCC([C@@]2(C)CCCC2(C)C)=CC1=O. The largest absolute Gasteiger partial charge is 0.295 e. The van der Waals surface area contributed by atoms with Gasteiger partial charge in [-0.2, -0.15) is 0 Å². The summed E-state index contributed by atoms with van der Waals surface area (Å²) in [5.74, 6) is 0.599. The summed E-state index contributed by atoms with van der Waals surface area (Å²) in [5.41, 5.74) is 2.06. The van der Waals surface area contributed by atoms with Gasteiger partial charge >= 0.3 is 0 Å². The minimum Gasteiger partial charge on any atom is -0.295 e. The third-order valence-corrected chi connectivity index (χ3v) is 5.33. The Hall–Kier alpha value is -0.590. The molecule has 0 amide bonds. The van der Waals surface area contributed by atoms with E-state index in [2.05, 4.69) is 27.7 Å². The van der Waals surface area contributed by atoms with Gasteiger partial charge in [0.2, 0.25) is 0 Å². The first-order valence-electron chi connectivity index (χ1n) is 6.62. The molecule has 0 aromatic rings. The molecule has 1 heteroatoms. The van der Waals surface area contributed by atoms with Crippen LogP contribution >= 0.6 is 0 Å². The summed E-state index contributed by atoms with van der Waals surface area (Å²) in [4.78, 5) is 11.8. The zero-order valence-corrected chi connectivity index (χ0v) is 11.1. The van der Waals surface area contributed by atoms with Crippen molar-refractivity contribution in [1.82, 2.24) is 0 Å². The highest BCUT2D eigenvalue weighted by molar-refractivity contribution is 5.93. The molecule has 16 heavy (non-hydrogen) atoms. The van der Waals surface area contributed by atoms with Gasteiger partial charge in [0.25, 0.3) is 0 Å². The molecule has 90 valence electrons. The van der Waals surface area contributed by atoms with Gasteiger partial charge in [-0.1, -0.05) is 39.7 Å². The van der Waals surface area contributed by atoms with Crippen LogP contribution in [0.5, 0.6) is 0 Å². The lowest BCUT2D eigenvalue weighted by Gasteiger charge is -2.42. The zero-order valence-electron chi connectivity index (χ0n) is 11.1. The molecule has 1 fully saturated rings. The van der Waals surface area contributed by atoms with Crippen molar-refractivity contribution in [2.75, 3.05) is 0 Å². The summed E-state index contributed by atoms with van der Waals surface area (Å²) >= 11 is 0. The number of carbonyl (C=O) groups is 1. The van der Waals surface area contributed by atoms with E-state index >= 15 is 0 Å². The summed E-state index contributed by atoms with van der Waals surface area (Å²) in [6.07, 6.45) is 8.02. The van der Waals surface area contributed by atoms with Gasteiger partial charge in [-0.25, -0.2) is 0 Å². The van der Waals surface area contributed by atoms with Crippen LogP contribution in [0.3, 0.4) is 0 Å². The van der Waals surface area contributed by atoms with E-state index in [1.807, 2.05) is 6.08 Å². The van der Waals surface area contributed by atoms with Gasteiger partial charge in [0, 0.05) is 5.92 Å². The Bertz CT molecular complexity index is 337. The maximum atomic E-state index is 11.8. The van der Waals surface area contributed by atoms with Crippen LogP contribution in [0.2, 0.25) is 0 Å². The molecule has 1 nitrogen and oxygen atoms in total. The van der Waals surface area contributed by atoms with Crippen molar-refractivity contribution >= 4 is 5.78 Å². The van der Waals surface area contributed by atoms with Gasteiger partial charge in [0.15, 0.2) is 5.78 Å². The monoisotopic (exact) mass is 220 g/mol. The zero-order chi connectivity index (χ0) is 12.0. The van der Waals surface area contributed by atoms with Gasteiger partial charge in [-0.15, -0.1) is 0 Å². The standard InChI is InChI=1S/C15H24O/c1-11-6-7-12(10-13(11)16)15(4)9-5-8-14(15,2)3/h10-11H,5-9H2,1-4H3/t11-,15+/m0/s1. The molecule has 0 N–H and O–H groups in total. The molecule has 2 aliphatic rings. The van der Waals surface area contributed by atoms with E-state index in [1.165, 1.54) is 24.8 Å². The predicted molar refractivity (Wildman–Crippen MR) is 67.2 cm³/mol. The molecular weight excluding hydrogens is 196 g/mol. The van der Waals surface area contributed by atoms with Crippen LogP contribution in [0.15, 0.2) is 11.6 Å². The molecule has 0 saturated heterocycles. The van der Waals surface area contributed by atoms with Gasteiger partial charge in [-0.05, 0) is 42.6 Å². The molecule has 2 atom stereocenters. The van der Waals surface area contributed by atoms with Gasteiger partial charge in [-0.3, -0.25) is 4.79 Å². The number of rotatable bonds is 1. The van der Waals surface area contributed by atoms with Crippen LogP contribution in [-0.2, 0) is 4.79 Å². The molecule has 0 aromatic heterocycles. The molecular formula is C15H24O. The number of allylic oxidation sites excluding steroid dienone is 2. The van der Waals surface area contributed by atoms with Gasteiger partial charge < -0.3 is 0 Å². The average molecular weight is 220 g/mol. The van der Waals surface area contributed by atoms with Crippen LogP contribution in [0, 0.1) is 16.7 Å². The fraction of sp³-hybridized carbons (Fsp3) is 0.800. The fourth-order valence-corrected chi connectivity index (χ4v) is 3.43. The van der Waals surface area contributed by atoms with E-state index in [0.717, 1.165) is 12.8 Å².